The minimum Gasteiger partial charge on any atom is -0.325 e. The Morgan fingerprint density at radius 3 is 2.74 bits per heavy atom. The molecule has 0 aromatic heterocycles. The topological polar surface area (TPSA) is 32.3 Å². The van der Waals surface area contributed by atoms with Crippen molar-refractivity contribution in [3.63, 3.8) is 0 Å². The van der Waals surface area contributed by atoms with Crippen LogP contribution in [-0.4, -0.2) is 30.4 Å². The lowest BCUT2D eigenvalue weighted by Crippen LogP contribution is -2.38. The third-order valence-corrected chi connectivity index (χ3v) is 4.57. The Morgan fingerprint density at radius 1 is 1.42 bits per heavy atom. The summed E-state index contributed by atoms with van der Waals surface area (Å²) in [6.07, 6.45) is 2.40. The van der Waals surface area contributed by atoms with E-state index < -0.39 is 0 Å². The summed E-state index contributed by atoms with van der Waals surface area (Å²) in [5.41, 5.74) is 2.00. The third-order valence-electron chi connectivity index (χ3n) is 3.69. The first-order valence-corrected chi connectivity index (χ1v) is 7.62. The second-order valence-electron chi connectivity index (χ2n) is 5.47. The number of anilines is 1. The number of nitrogens with one attached hydrogen (secondary N) is 1. The van der Waals surface area contributed by atoms with E-state index >= 15 is 0 Å². The van der Waals surface area contributed by atoms with Crippen molar-refractivity contribution in [2.24, 2.45) is 5.92 Å². The van der Waals surface area contributed by atoms with E-state index in [9.17, 15) is 4.79 Å². The molecule has 0 unspecified atom stereocenters. The van der Waals surface area contributed by atoms with Crippen molar-refractivity contribution in [1.82, 2.24) is 4.90 Å². The molecule has 104 valence electrons. The van der Waals surface area contributed by atoms with Crippen LogP contribution in [0.1, 0.15) is 25.3 Å². The zero-order valence-corrected chi connectivity index (χ0v) is 13.2. The molecule has 3 nitrogen and oxygen atoms in total. The van der Waals surface area contributed by atoms with Gasteiger partial charge in [0, 0.05) is 10.2 Å². The number of carbonyl (C=O) groups is 1. The molecule has 0 spiro atoms. The maximum atomic E-state index is 12.0. The second-order valence-corrected chi connectivity index (χ2v) is 6.33. The van der Waals surface area contributed by atoms with E-state index in [1.807, 2.05) is 25.1 Å². The molecule has 1 heterocycles. The Hall–Kier alpha value is -0.870. The molecule has 0 bridgehead atoms. The maximum Gasteiger partial charge on any atom is 0.238 e. The number of aryl methyl sites for hydroxylation is 1. The fraction of sp³-hybridized carbons (Fsp3) is 0.533. The third kappa shape index (κ3) is 4.32. The van der Waals surface area contributed by atoms with Crippen LogP contribution in [0.4, 0.5) is 5.69 Å². The van der Waals surface area contributed by atoms with Crippen molar-refractivity contribution in [2.75, 3.05) is 25.0 Å². The summed E-state index contributed by atoms with van der Waals surface area (Å²) < 4.78 is 1.07. The molecule has 0 atom stereocenters. The molecule has 4 heteroatoms. The van der Waals surface area contributed by atoms with Gasteiger partial charge in [0.1, 0.15) is 0 Å². The van der Waals surface area contributed by atoms with Gasteiger partial charge in [0.2, 0.25) is 5.91 Å². The van der Waals surface area contributed by atoms with Gasteiger partial charge in [-0.05, 0) is 62.5 Å². The van der Waals surface area contributed by atoms with Gasteiger partial charge in [-0.25, -0.2) is 0 Å². The van der Waals surface area contributed by atoms with Crippen LogP contribution >= 0.6 is 15.9 Å². The molecule has 1 N–H and O–H groups in total. The quantitative estimate of drug-likeness (QED) is 0.923. The van der Waals surface area contributed by atoms with Crippen LogP contribution in [0.5, 0.6) is 0 Å². The molecule has 19 heavy (non-hydrogen) atoms. The summed E-state index contributed by atoms with van der Waals surface area (Å²) in [7, 11) is 0. The number of halogens is 1. The molecule has 1 fully saturated rings. The largest absolute Gasteiger partial charge is 0.325 e. The lowest BCUT2D eigenvalue weighted by atomic mass is 9.99. The van der Waals surface area contributed by atoms with E-state index in [-0.39, 0.29) is 5.91 Å². The van der Waals surface area contributed by atoms with Gasteiger partial charge in [0.25, 0.3) is 0 Å². The first kappa shape index (κ1) is 14.5. The van der Waals surface area contributed by atoms with Crippen LogP contribution in [0.2, 0.25) is 0 Å². The minimum atomic E-state index is 0.0799. The minimum absolute atomic E-state index is 0.0799. The Balaban J connectivity index is 1.85. The zero-order chi connectivity index (χ0) is 13.8. The van der Waals surface area contributed by atoms with Gasteiger partial charge in [0.15, 0.2) is 0 Å². The van der Waals surface area contributed by atoms with Crippen LogP contribution in [-0.2, 0) is 4.79 Å². The van der Waals surface area contributed by atoms with Gasteiger partial charge in [-0.1, -0.05) is 22.9 Å². The second kappa shape index (κ2) is 6.53. The molecule has 0 saturated carbocycles. The highest BCUT2D eigenvalue weighted by Gasteiger charge is 2.17. The number of benzene rings is 1. The van der Waals surface area contributed by atoms with Crippen LogP contribution in [0, 0.1) is 12.8 Å². The van der Waals surface area contributed by atoms with Gasteiger partial charge >= 0.3 is 0 Å². The lowest BCUT2D eigenvalue weighted by Gasteiger charge is -2.29. The number of likely N-dealkylation sites (tertiary alicyclic amines) is 1. The number of carbonyl (C=O) groups excluding carboxylic acids is 1. The lowest BCUT2D eigenvalue weighted by molar-refractivity contribution is -0.117. The van der Waals surface area contributed by atoms with Crippen molar-refractivity contribution >= 4 is 27.5 Å². The van der Waals surface area contributed by atoms with Gasteiger partial charge in [0.05, 0.1) is 6.54 Å². The summed E-state index contributed by atoms with van der Waals surface area (Å²) >= 11 is 3.46. The Labute approximate surface area is 123 Å². The van der Waals surface area contributed by atoms with E-state index in [0.717, 1.165) is 34.7 Å². The summed E-state index contributed by atoms with van der Waals surface area (Å²) in [5, 5.41) is 2.97. The van der Waals surface area contributed by atoms with Crippen LogP contribution < -0.4 is 5.32 Å². The summed E-state index contributed by atoms with van der Waals surface area (Å²) in [5.74, 6) is 0.879. The normalized spacial score (nSPS) is 17.4. The molecule has 1 aromatic rings. The molecule has 1 aromatic carbocycles. The van der Waals surface area contributed by atoms with Crippen molar-refractivity contribution in [3.8, 4) is 0 Å². The molecular weight excluding hydrogens is 304 g/mol. The standard InChI is InChI=1S/C15H21BrN2O/c1-11-5-7-18(8-6-11)10-15(19)17-13-3-4-14(16)12(2)9-13/h3-4,9,11H,5-8,10H2,1-2H3,(H,17,19). The highest BCUT2D eigenvalue weighted by molar-refractivity contribution is 9.10. The first-order chi connectivity index (χ1) is 9.04. The van der Waals surface area contributed by atoms with Crippen molar-refractivity contribution < 1.29 is 4.79 Å². The highest BCUT2D eigenvalue weighted by atomic mass is 79.9. The zero-order valence-electron chi connectivity index (χ0n) is 11.6. The molecule has 1 amide bonds. The van der Waals surface area contributed by atoms with Crippen LogP contribution in [0.3, 0.4) is 0 Å². The van der Waals surface area contributed by atoms with E-state index in [4.69, 9.17) is 0 Å². The predicted octanol–water partition coefficient (Wildman–Crippen LogP) is 3.43. The highest BCUT2D eigenvalue weighted by Crippen LogP contribution is 2.20. The monoisotopic (exact) mass is 324 g/mol. The van der Waals surface area contributed by atoms with Gasteiger partial charge < -0.3 is 5.32 Å². The van der Waals surface area contributed by atoms with Gasteiger partial charge in [-0.2, -0.15) is 0 Å². The summed E-state index contributed by atoms with van der Waals surface area (Å²) in [6, 6.07) is 5.88. The van der Waals surface area contributed by atoms with E-state index in [1.165, 1.54) is 12.8 Å². The van der Waals surface area contributed by atoms with Crippen molar-refractivity contribution in [2.45, 2.75) is 26.7 Å². The SMILES string of the molecule is Cc1cc(NC(=O)CN2CCC(C)CC2)ccc1Br. The summed E-state index contributed by atoms with van der Waals surface area (Å²) in [6.45, 7) is 6.87. The Kier molecular flexibility index (Phi) is 4.99. The molecule has 2 rings (SSSR count). The molecule has 0 aliphatic carbocycles. The van der Waals surface area contributed by atoms with E-state index in [0.29, 0.717) is 6.54 Å². The van der Waals surface area contributed by atoms with Crippen molar-refractivity contribution in [1.29, 1.82) is 0 Å². The van der Waals surface area contributed by atoms with E-state index in [2.05, 4.69) is 33.1 Å². The fourth-order valence-corrected chi connectivity index (χ4v) is 2.59. The van der Waals surface area contributed by atoms with Crippen molar-refractivity contribution in [3.05, 3.63) is 28.2 Å². The smallest absolute Gasteiger partial charge is 0.238 e. The predicted molar refractivity (Wildman–Crippen MR) is 82.3 cm³/mol. The number of hydrogen-bond acceptors (Lipinski definition) is 2. The number of hydrogen-bond donors (Lipinski definition) is 1. The van der Waals surface area contributed by atoms with Crippen LogP contribution in [0.15, 0.2) is 22.7 Å². The molecule has 1 aliphatic rings. The number of rotatable bonds is 3. The van der Waals surface area contributed by atoms with E-state index in [1.54, 1.807) is 0 Å². The van der Waals surface area contributed by atoms with Gasteiger partial charge in [-0.15, -0.1) is 0 Å². The molecule has 0 radical (unpaired) electrons. The van der Waals surface area contributed by atoms with Gasteiger partial charge in [-0.3, -0.25) is 9.69 Å². The average Bonchev–Trinajstić information content (AvgIpc) is 2.37. The molecule has 1 saturated heterocycles. The molecular formula is C15H21BrN2O. The van der Waals surface area contributed by atoms with Crippen LogP contribution in [0.25, 0.3) is 0 Å². The molecule has 1 aliphatic heterocycles. The first-order valence-electron chi connectivity index (χ1n) is 6.83. The average molecular weight is 325 g/mol. The fourth-order valence-electron chi connectivity index (χ4n) is 2.35. The number of piperidine rings is 1. The Morgan fingerprint density at radius 2 is 2.11 bits per heavy atom. The maximum absolute atomic E-state index is 12.0. The summed E-state index contributed by atoms with van der Waals surface area (Å²) in [4.78, 5) is 14.2. The Bertz CT molecular complexity index is 453. The number of amides is 1. The number of nitrogens with zero attached hydrogens (tertiary/aromatic N) is 1.